The Labute approximate surface area is 298 Å². The van der Waals surface area contributed by atoms with Crippen LogP contribution in [0.5, 0.6) is 0 Å². The van der Waals surface area contributed by atoms with Gasteiger partial charge in [0.15, 0.2) is 6.10 Å². The van der Waals surface area contributed by atoms with Gasteiger partial charge in [-0.2, -0.15) is 0 Å². The highest BCUT2D eigenvalue weighted by molar-refractivity contribution is 7.47. The number of carbonyl (C=O) groups excluding carboxylic acids is 2. The number of allylic oxidation sites excluding steroid dienone is 12. The third-order valence-electron chi connectivity index (χ3n) is 7.10. The second-order valence-corrected chi connectivity index (χ2v) is 14.4. The molecule has 0 rings (SSSR count). The van der Waals surface area contributed by atoms with Gasteiger partial charge in [0.1, 0.15) is 19.8 Å². The van der Waals surface area contributed by atoms with Crippen molar-refractivity contribution in [2.75, 3.05) is 47.5 Å². The lowest BCUT2D eigenvalue weighted by atomic mass is 10.1. The molecule has 0 saturated carbocycles. The number of phosphoric ester groups is 1. The fourth-order valence-corrected chi connectivity index (χ4v) is 4.95. The second-order valence-electron chi connectivity index (χ2n) is 13.0. The number of rotatable bonds is 31. The zero-order valence-electron chi connectivity index (χ0n) is 31.1. The average Bonchev–Trinajstić information content (AvgIpc) is 3.04. The largest absolute Gasteiger partial charge is 0.472 e. The van der Waals surface area contributed by atoms with E-state index in [1.807, 2.05) is 75.8 Å². The third kappa shape index (κ3) is 35.1. The number of phosphoric acid groups is 1. The topological polar surface area (TPSA) is 108 Å². The summed E-state index contributed by atoms with van der Waals surface area (Å²) in [4.78, 5) is 35.1. The van der Waals surface area contributed by atoms with E-state index in [0.717, 1.165) is 44.9 Å². The van der Waals surface area contributed by atoms with E-state index in [-0.39, 0.29) is 26.1 Å². The molecule has 0 radical (unpaired) electrons. The molecule has 0 aromatic carbocycles. The Balaban J connectivity index is 4.64. The van der Waals surface area contributed by atoms with Crippen LogP contribution in [-0.4, -0.2) is 74.9 Å². The van der Waals surface area contributed by atoms with Gasteiger partial charge in [-0.3, -0.25) is 18.6 Å². The Bertz CT molecular complexity index is 1070. The van der Waals surface area contributed by atoms with E-state index in [4.69, 9.17) is 18.5 Å². The van der Waals surface area contributed by atoms with Crippen LogP contribution in [0.15, 0.2) is 72.9 Å². The molecule has 9 nitrogen and oxygen atoms in total. The van der Waals surface area contributed by atoms with Crippen LogP contribution in [-0.2, 0) is 32.7 Å². The fraction of sp³-hybridized carbons (Fsp3) is 0.641. The highest BCUT2D eigenvalue weighted by Gasteiger charge is 2.27. The predicted molar refractivity (Wildman–Crippen MR) is 201 cm³/mol. The molecule has 0 spiro atoms. The van der Waals surface area contributed by atoms with Crippen molar-refractivity contribution in [3.63, 3.8) is 0 Å². The quantitative estimate of drug-likeness (QED) is 0.0190. The minimum atomic E-state index is -4.39. The minimum Gasteiger partial charge on any atom is -0.462 e. The lowest BCUT2D eigenvalue weighted by Crippen LogP contribution is -2.37. The molecule has 0 aromatic rings. The number of ether oxygens (including phenoxy) is 2. The molecular weight excluding hydrogens is 641 g/mol. The van der Waals surface area contributed by atoms with Crippen molar-refractivity contribution in [1.29, 1.82) is 0 Å². The number of quaternary nitrogens is 1. The Morgan fingerprint density at radius 3 is 1.84 bits per heavy atom. The van der Waals surface area contributed by atoms with E-state index in [1.54, 1.807) is 0 Å². The van der Waals surface area contributed by atoms with Gasteiger partial charge in [0.2, 0.25) is 0 Å². The van der Waals surface area contributed by atoms with Gasteiger partial charge in [0.05, 0.1) is 27.7 Å². The number of likely N-dealkylation sites (N-methyl/N-ethyl adjacent to an activating group) is 1. The number of hydrogen-bond donors (Lipinski definition) is 1. The van der Waals surface area contributed by atoms with Crippen molar-refractivity contribution in [1.82, 2.24) is 0 Å². The molecule has 0 aliphatic carbocycles. The maximum Gasteiger partial charge on any atom is 0.472 e. The second kappa shape index (κ2) is 31.4. The first-order chi connectivity index (χ1) is 23.5. The normalized spacial score (nSPS) is 14.7. The highest BCUT2D eigenvalue weighted by atomic mass is 31.2. The molecular formula is C39H67NO8P+. The molecule has 2 unspecified atom stereocenters. The summed E-state index contributed by atoms with van der Waals surface area (Å²) < 4.78 is 34.0. The zero-order chi connectivity index (χ0) is 36.5. The summed E-state index contributed by atoms with van der Waals surface area (Å²) in [6.07, 6.45) is 36.8. The van der Waals surface area contributed by atoms with Gasteiger partial charge in [0, 0.05) is 12.8 Å². The van der Waals surface area contributed by atoms with Gasteiger partial charge in [-0.15, -0.1) is 0 Å². The summed E-state index contributed by atoms with van der Waals surface area (Å²) >= 11 is 0. The number of hydrogen-bond acceptors (Lipinski definition) is 7. The van der Waals surface area contributed by atoms with E-state index in [1.165, 1.54) is 19.3 Å². The first-order valence-corrected chi connectivity index (χ1v) is 19.7. The standard InChI is InChI=1S/C39H66NO8P/c1-6-8-10-12-14-16-18-20-22-24-26-28-30-32-39(42)48-37(36-47-49(43,44)46-34-33-40(3,4)5)35-45-38(41)31-29-27-25-23-21-19-17-15-13-11-9-7-2/h8,10,12,14-18,20,22,24,26,37H,6-7,9,11,13,19,21,23,25,27-36H2,1-5H3/p+1/b10-8+,14-12+,17-15+,18-16+,22-20+,26-24+. The van der Waals surface area contributed by atoms with Crippen LogP contribution in [0.25, 0.3) is 0 Å². The highest BCUT2D eigenvalue weighted by Crippen LogP contribution is 2.43. The van der Waals surface area contributed by atoms with Crippen molar-refractivity contribution in [3.8, 4) is 0 Å². The maximum atomic E-state index is 12.6. The minimum absolute atomic E-state index is 0.0130. The molecule has 0 aromatic heterocycles. The summed E-state index contributed by atoms with van der Waals surface area (Å²) in [5.41, 5.74) is 0. The van der Waals surface area contributed by atoms with Gasteiger partial charge in [-0.1, -0.05) is 119 Å². The van der Waals surface area contributed by atoms with Gasteiger partial charge in [0.25, 0.3) is 0 Å². The van der Waals surface area contributed by atoms with E-state index in [0.29, 0.717) is 30.3 Å². The average molecular weight is 709 g/mol. The van der Waals surface area contributed by atoms with Gasteiger partial charge in [-0.05, 0) is 51.4 Å². The van der Waals surface area contributed by atoms with Crippen LogP contribution in [0.1, 0.15) is 110 Å². The summed E-state index contributed by atoms with van der Waals surface area (Å²) in [7, 11) is 1.41. The van der Waals surface area contributed by atoms with Crippen LogP contribution in [0.4, 0.5) is 0 Å². The molecule has 1 N–H and O–H groups in total. The SMILES string of the molecule is CC/C=C/C=C/C=C/C=C/C=C/CCCC(=O)OC(COC(=O)CCCCCCC/C=C/CCCCC)COP(=O)(O)OCC[N+](C)(C)C. The first kappa shape index (κ1) is 46.5. The Hall–Kier alpha value is -2.55. The monoisotopic (exact) mass is 708 g/mol. The molecule has 2 atom stereocenters. The summed E-state index contributed by atoms with van der Waals surface area (Å²) in [6, 6.07) is 0. The number of carbonyl (C=O) groups is 2. The number of nitrogens with zero attached hydrogens (tertiary/aromatic N) is 1. The van der Waals surface area contributed by atoms with Crippen LogP contribution < -0.4 is 0 Å². The molecule has 280 valence electrons. The molecule has 0 aliphatic heterocycles. The van der Waals surface area contributed by atoms with Gasteiger partial charge < -0.3 is 18.9 Å². The molecule has 0 amide bonds. The van der Waals surface area contributed by atoms with Crippen molar-refractivity contribution >= 4 is 19.8 Å². The number of esters is 2. The molecule has 10 heteroatoms. The maximum absolute atomic E-state index is 12.6. The zero-order valence-corrected chi connectivity index (χ0v) is 32.0. The Morgan fingerprint density at radius 1 is 0.653 bits per heavy atom. The lowest BCUT2D eigenvalue weighted by Gasteiger charge is -2.24. The molecule has 0 aliphatic rings. The fourth-order valence-electron chi connectivity index (χ4n) is 4.21. The molecule has 0 heterocycles. The molecule has 0 bridgehead atoms. The molecule has 0 fully saturated rings. The Morgan fingerprint density at radius 2 is 1.20 bits per heavy atom. The van der Waals surface area contributed by atoms with Crippen molar-refractivity contribution in [2.45, 2.75) is 116 Å². The van der Waals surface area contributed by atoms with Crippen LogP contribution in [0.3, 0.4) is 0 Å². The van der Waals surface area contributed by atoms with Crippen molar-refractivity contribution in [3.05, 3.63) is 72.9 Å². The smallest absolute Gasteiger partial charge is 0.462 e. The van der Waals surface area contributed by atoms with E-state index >= 15 is 0 Å². The van der Waals surface area contributed by atoms with Crippen LogP contribution >= 0.6 is 7.82 Å². The van der Waals surface area contributed by atoms with Crippen LogP contribution in [0, 0.1) is 0 Å². The summed E-state index contributed by atoms with van der Waals surface area (Å²) in [5.74, 6) is -0.908. The predicted octanol–water partition coefficient (Wildman–Crippen LogP) is 9.51. The van der Waals surface area contributed by atoms with Gasteiger partial charge >= 0.3 is 19.8 Å². The summed E-state index contributed by atoms with van der Waals surface area (Å²) in [6.45, 7) is 4.11. The van der Waals surface area contributed by atoms with Gasteiger partial charge in [-0.25, -0.2) is 4.57 Å². The Kier molecular flexibility index (Phi) is 29.8. The van der Waals surface area contributed by atoms with E-state index < -0.39 is 32.5 Å². The first-order valence-electron chi connectivity index (χ1n) is 18.2. The van der Waals surface area contributed by atoms with E-state index in [9.17, 15) is 19.0 Å². The van der Waals surface area contributed by atoms with Crippen molar-refractivity contribution < 1.29 is 42.1 Å². The third-order valence-corrected chi connectivity index (χ3v) is 8.08. The molecule has 49 heavy (non-hydrogen) atoms. The number of unbranched alkanes of at least 4 members (excludes halogenated alkanes) is 9. The van der Waals surface area contributed by atoms with E-state index in [2.05, 4.69) is 32.1 Å². The lowest BCUT2D eigenvalue weighted by molar-refractivity contribution is -0.870. The van der Waals surface area contributed by atoms with Crippen LogP contribution in [0.2, 0.25) is 0 Å². The van der Waals surface area contributed by atoms with Crippen molar-refractivity contribution in [2.24, 2.45) is 0 Å². The molecule has 0 saturated heterocycles. The summed E-state index contributed by atoms with van der Waals surface area (Å²) in [5, 5.41) is 0.